The molecule has 2 aliphatic rings. The molecule has 1 heterocycles. The standard InChI is InChI=1S/C18H25N3/c1-3-19-16(14-9-12-8-13(12)10-14)11-18-20-15-6-4-5-7-17(15)21(18)2/h4-7,12-14,16,19H,3,8-11H2,1-2H3. The SMILES string of the molecule is CCNC(Cc1nc2ccccc2n1C)C1CC2CC2C1. The molecule has 112 valence electrons. The van der Waals surface area contributed by atoms with E-state index in [1.807, 2.05) is 0 Å². The van der Waals surface area contributed by atoms with Gasteiger partial charge in [-0.15, -0.1) is 0 Å². The molecule has 1 N–H and O–H groups in total. The third kappa shape index (κ3) is 2.38. The molecule has 0 radical (unpaired) electrons. The molecule has 0 spiro atoms. The number of para-hydroxylation sites is 2. The van der Waals surface area contributed by atoms with Crippen molar-refractivity contribution < 1.29 is 0 Å². The van der Waals surface area contributed by atoms with Crippen LogP contribution in [0, 0.1) is 17.8 Å². The molecule has 4 rings (SSSR count). The Balaban J connectivity index is 1.57. The van der Waals surface area contributed by atoms with E-state index in [-0.39, 0.29) is 0 Å². The van der Waals surface area contributed by atoms with Crippen LogP contribution in [-0.4, -0.2) is 22.1 Å². The minimum Gasteiger partial charge on any atom is -0.331 e. The van der Waals surface area contributed by atoms with Crippen LogP contribution >= 0.6 is 0 Å². The molecular formula is C18H25N3. The molecule has 21 heavy (non-hydrogen) atoms. The highest BCUT2D eigenvalue weighted by molar-refractivity contribution is 5.75. The molecule has 2 fully saturated rings. The Morgan fingerprint density at radius 3 is 2.71 bits per heavy atom. The highest BCUT2D eigenvalue weighted by Crippen LogP contribution is 2.55. The van der Waals surface area contributed by atoms with Gasteiger partial charge in [0.05, 0.1) is 11.0 Å². The number of imidazole rings is 1. The van der Waals surface area contributed by atoms with Gasteiger partial charge in [0.2, 0.25) is 0 Å². The second kappa shape index (κ2) is 5.13. The van der Waals surface area contributed by atoms with E-state index in [1.165, 1.54) is 30.6 Å². The van der Waals surface area contributed by atoms with E-state index in [1.54, 1.807) is 0 Å². The Labute approximate surface area is 126 Å². The summed E-state index contributed by atoms with van der Waals surface area (Å²) < 4.78 is 2.27. The van der Waals surface area contributed by atoms with Crippen molar-refractivity contribution in [2.45, 2.75) is 38.6 Å². The van der Waals surface area contributed by atoms with E-state index < -0.39 is 0 Å². The van der Waals surface area contributed by atoms with Gasteiger partial charge in [0, 0.05) is 19.5 Å². The smallest absolute Gasteiger partial charge is 0.111 e. The van der Waals surface area contributed by atoms with Gasteiger partial charge in [0.1, 0.15) is 5.82 Å². The lowest BCUT2D eigenvalue weighted by Crippen LogP contribution is -2.38. The molecule has 3 nitrogen and oxygen atoms in total. The molecule has 0 saturated heterocycles. The van der Waals surface area contributed by atoms with Gasteiger partial charge in [-0.05, 0) is 55.7 Å². The van der Waals surface area contributed by atoms with Gasteiger partial charge in [-0.3, -0.25) is 0 Å². The Morgan fingerprint density at radius 2 is 2.00 bits per heavy atom. The third-order valence-corrected chi connectivity index (χ3v) is 5.60. The average molecular weight is 283 g/mol. The third-order valence-electron chi connectivity index (χ3n) is 5.60. The number of fused-ring (bicyclic) bond motifs is 2. The fourth-order valence-electron chi connectivity index (χ4n) is 4.33. The molecule has 1 aromatic heterocycles. The quantitative estimate of drug-likeness (QED) is 0.913. The lowest BCUT2D eigenvalue weighted by atomic mass is 9.92. The first-order chi connectivity index (χ1) is 10.3. The lowest BCUT2D eigenvalue weighted by molar-refractivity contribution is 0.331. The number of aromatic nitrogens is 2. The number of rotatable bonds is 5. The molecule has 0 bridgehead atoms. The lowest BCUT2D eigenvalue weighted by Gasteiger charge is -2.25. The zero-order chi connectivity index (χ0) is 14.4. The van der Waals surface area contributed by atoms with E-state index in [2.05, 4.69) is 48.1 Å². The van der Waals surface area contributed by atoms with Gasteiger partial charge in [0.15, 0.2) is 0 Å². The first-order valence-electron chi connectivity index (χ1n) is 8.40. The maximum absolute atomic E-state index is 4.86. The highest BCUT2D eigenvalue weighted by atomic mass is 15.1. The van der Waals surface area contributed by atoms with Crippen LogP contribution in [0.5, 0.6) is 0 Å². The normalized spacial score (nSPS) is 28.8. The zero-order valence-electron chi connectivity index (χ0n) is 13.0. The summed E-state index contributed by atoms with van der Waals surface area (Å²) >= 11 is 0. The van der Waals surface area contributed by atoms with Crippen molar-refractivity contribution >= 4 is 11.0 Å². The second-order valence-corrected chi connectivity index (χ2v) is 6.93. The molecule has 3 heteroatoms. The van der Waals surface area contributed by atoms with E-state index in [0.29, 0.717) is 6.04 Å². The number of likely N-dealkylation sites (N-methyl/N-ethyl adjacent to an activating group) is 1. The van der Waals surface area contributed by atoms with E-state index in [0.717, 1.165) is 36.2 Å². The zero-order valence-corrected chi connectivity index (χ0v) is 13.0. The average Bonchev–Trinajstić information content (AvgIpc) is 2.97. The monoisotopic (exact) mass is 283 g/mol. The first-order valence-corrected chi connectivity index (χ1v) is 8.40. The van der Waals surface area contributed by atoms with Crippen LogP contribution in [0.3, 0.4) is 0 Å². The predicted octanol–water partition coefficient (Wildman–Crippen LogP) is 3.14. The highest BCUT2D eigenvalue weighted by Gasteiger charge is 2.47. The number of aryl methyl sites for hydroxylation is 1. The number of hydrogen-bond donors (Lipinski definition) is 1. The number of nitrogens with one attached hydrogen (secondary N) is 1. The summed E-state index contributed by atoms with van der Waals surface area (Å²) in [6.07, 6.45) is 5.43. The van der Waals surface area contributed by atoms with E-state index in [4.69, 9.17) is 4.98 Å². The summed E-state index contributed by atoms with van der Waals surface area (Å²) in [6.45, 7) is 3.28. The maximum Gasteiger partial charge on any atom is 0.111 e. The van der Waals surface area contributed by atoms with Gasteiger partial charge in [0.25, 0.3) is 0 Å². The van der Waals surface area contributed by atoms with Crippen molar-refractivity contribution in [1.29, 1.82) is 0 Å². The molecule has 1 aromatic carbocycles. The van der Waals surface area contributed by atoms with Gasteiger partial charge < -0.3 is 9.88 Å². The molecule has 3 unspecified atom stereocenters. The Bertz CT molecular complexity index is 635. The summed E-state index contributed by atoms with van der Waals surface area (Å²) in [5, 5.41) is 3.73. The molecule has 0 amide bonds. The number of nitrogens with zero attached hydrogens (tertiary/aromatic N) is 2. The molecular weight excluding hydrogens is 258 g/mol. The Kier molecular flexibility index (Phi) is 3.26. The van der Waals surface area contributed by atoms with Crippen LogP contribution in [0.1, 0.15) is 32.0 Å². The fraction of sp³-hybridized carbons (Fsp3) is 0.611. The van der Waals surface area contributed by atoms with Crippen molar-refractivity contribution in [2.24, 2.45) is 24.8 Å². The van der Waals surface area contributed by atoms with E-state index in [9.17, 15) is 0 Å². The summed E-state index contributed by atoms with van der Waals surface area (Å²) in [5.74, 6) is 4.18. The molecule has 2 aliphatic carbocycles. The van der Waals surface area contributed by atoms with Crippen LogP contribution in [0.4, 0.5) is 0 Å². The van der Waals surface area contributed by atoms with Crippen LogP contribution in [0.15, 0.2) is 24.3 Å². The van der Waals surface area contributed by atoms with Crippen molar-refractivity contribution in [3.8, 4) is 0 Å². The van der Waals surface area contributed by atoms with Crippen LogP contribution in [0.25, 0.3) is 11.0 Å². The molecule has 3 atom stereocenters. The van der Waals surface area contributed by atoms with E-state index >= 15 is 0 Å². The largest absolute Gasteiger partial charge is 0.331 e. The summed E-state index contributed by atoms with van der Waals surface area (Å²) in [6, 6.07) is 9.05. The van der Waals surface area contributed by atoms with Crippen LogP contribution in [-0.2, 0) is 13.5 Å². The van der Waals surface area contributed by atoms with Crippen LogP contribution < -0.4 is 5.32 Å². The number of benzene rings is 1. The second-order valence-electron chi connectivity index (χ2n) is 6.93. The van der Waals surface area contributed by atoms with Gasteiger partial charge in [-0.2, -0.15) is 0 Å². The topological polar surface area (TPSA) is 29.9 Å². The Morgan fingerprint density at radius 1 is 1.24 bits per heavy atom. The molecule has 0 aliphatic heterocycles. The van der Waals surface area contributed by atoms with Crippen molar-refractivity contribution in [2.75, 3.05) is 6.54 Å². The van der Waals surface area contributed by atoms with Crippen molar-refractivity contribution in [1.82, 2.24) is 14.9 Å². The molecule has 2 aromatic rings. The summed E-state index contributed by atoms with van der Waals surface area (Å²) in [5.41, 5.74) is 2.37. The summed E-state index contributed by atoms with van der Waals surface area (Å²) in [7, 11) is 2.15. The van der Waals surface area contributed by atoms with Crippen molar-refractivity contribution in [3.05, 3.63) is 30.1 Å². The number of hydrogen-bond acceptors (Lipinski definition) is 2. The minimum atomic E-state index is 0.596. The van der Waals surface area contributed by atoms with Gasteiger partial charge >= 0.3 is 0 Å². The van der Waals surface area contributed by atoms with Gasteiger partial charge in [-0.25, -0.2) is 4.98 Å². The first kappa shape index (κ1) is 13.3. The fourth-order valence-corrected chi connectivity index (χ4v) is 4.33. The minimum absolute atomic E-state index is 0.596. The van der Waals surface area contributed by atoms with Gasteiger partial charge in [-0.1, -0.05) is 19.1 Å². The molecule has 2 saturated carbocycles. The predicted molar refractivity (Wildman–Crippen MR) is 86.2 cm³/mol. The van der Waals surface area contributed by atoms with Crippen molar-refractivity contribution in [3.63, 3.8) is 0 Å². The summed E-state index contributed by atoms with van der Waals surface area (Å²) in [4.78, 5) is 4.86. The Hall–Kier alpha value is -1.35. The van der Waals surface area contributed by atoms with Crippen LogP contribution in [0.2, 0.25) is 0 Å². The maximum atomic E-state index is 4.86.